The minimum absolute atomic E-state index is 0.166. The lowest BCUT2D eigenvalue weighted by atomic mass is 10.0. The van der Waals surface area contributed by atoms with Crippen LogP contribution in [-0.4, -0.2) is 18.6 Å². The lowest BCUT2D eigenvalue weighted by Gasteiger charge is -2.28. The molecule has 0 spiro atoms. The topological polar surface area (TPSA) is 15.3 Å². The Morgan fingerprint density at radius 2 is 1.70 bits per heavy atom. The molecule has 1 N–H and O–H groups in total. The largest absolute Gasteiger partial charge is 0.371 e. The zero-order valence-electron chi connectivity index (χ0n) is 13.6. The van der Waals surface area contributed by atoms with Crippen molar-refractivity contribution in [3.05, 3.63) is 29.3 Å². The molecule has 0 amide bonds. The monoisotopic (exact) mass is 274 g/mol. The van der Waals surface area contributed by atoms with Crippen LogP contribution in [0.5, 0.6) is 0 Å². The predicted molar refractivity (Wildman–Crippen MR) is 88.5 cm³/mol. The van der Waals surface area contributed by atoms with E-state index in [0.29, 0.717) is 0 Å². The molecule has 0 radical (unpaired) electrons. The first kappa shape index (κ1) is 15.4. The maximum Gasteiger partial charge on any atom is 0.0412 e. The van der Waals surface area contributed by atoms with Crippen LogP contribution in [0.3, 0.4) is 0 Å². The first-order valence-corrected chi connectivity index (χ1v) is 8.05. The summed E-state index contributed by atoms with van der Waals surface area (Å²) in [6.45, 7) is 12.3. The molecule has 0 aliphatic carbocycles. The van der Waals surface area contributed by atoms with Crippen molar-refractivity contribution < 1.29 is 0 Å². The van der Waals surface area contributed by atoms with Crippen LogP contribution < -0.4 is 10.2 Å². The molecular weight excluding hydrogens is 244 g/mol. The molecule has 20 heavy (non-hydrogen) atoms. The minimum Gasteiger partial charge on any atom is -0.371 e. The Labute approximate surface area is 124 Å². The number of nitrogens with zero attached hydrogens (tertiary/aromatic N) is 1. The zero-order valence-corrected chi connectivity index (χ0v) is 13.6. The SMILES string of the molecule is Cc1ccc(N2CCCCCC2)c(CNC(C)(C)C)c1. The smallest absolute Gasteiger partial charge is 0.0412 e. The van der Waals surface area contributed by atoms with Crippen LogP contribution in [0.15, 0.2) is 18.2 Å². The van der Waals surface area contributed by atoms with E-state index in [2.05, 4.69) is 56.1 Å². The van der Waals surface area contributed by atoms with Gasteiger partial charge in [-0.1, -0.05) is 30.5 Å². The van der Waals surface area contributed by atoms with Crippen LogP contribution in [0, 0.1) is 6.92 Å². The molecule has 0 saturated carbocycles. The molecule has 2 rings (SSSR count). The van der Waals surface area contributed by atoms with Crippen LogP contribution in [0.2, 0.25) is 0 Å². The summed E-state index contributed by atoms with van der Waals surface area (Å²) in [5, 5.41) is 3.63. The summed E-state index contributed by atoms with van der Waals surface area (Å²) < 4.78 is 0. The summed E-state index contributed by atoms with van der Waals surface area (Å²) >= 11 is 0. The van der Waals surface area contributed by atoms with Crippen LogP contribution in [0.1, 0.15) is 57.6 Å². The van der Waals surface area contributed by atoms with Gasteiger partial charge in [-0.05, 0) is 52.2 Å². The van der Waals surface area contributed by atoms with Gasteiger partial charge < -0.3 is 10.2 Å². The first-order valence-electron chi connectivity index (χ1n) is 8.05. The van der Waals surface area contributed by atoms with E-state index in [1.165, 1.54) is 55.6 Å². The third-order valence-corrected chi connectivity index (χ3v) is 3.99. The second-order valence-corrected chi connectivity index (χ2v) is 7.14. The number of anilines is 1. The molecular formula is C18H30N2. The van der Waals surface area contributed by atoms with E-state index in [4.69, 9.17) is 0 Å². The van der Waals surface area contributed by atoms with Crippen LogP contribution in [0.4, 0.5) is 5.69 Å². The Morgan fingerprint density at radius 1 is 1.05 bits per heavy atom. The normalized spacial score (nSPS) is 17.1. The molecule has 1 heterocycles. The number of benzene rings is 1. The van der Waals surface area contributed by atoms with E-state index in [1.54, 1.807) is 0 Å². The van der Waals surface area contributed by atoms with Gasteiger partial charge in [0, 0.05) is 30.9 Å². The van der Waals surface area contributed by atoms with Crippen LogP contribution in [0.25, 0.3) is 0 Å². The standard InChI is InChI=1S/C18H30N2/c1-15-9-10-17(20-11-7-5-6-8-12-20)16(13-15)14-19-18(2,3)4/h9-10,13,19H,5-8,11-12,14H2,1-4H3. The van der Waals surface area contributed by atoms with Crippen molar-refractivity contribution in [2.45, 2.75) is 65.5 Å². The molecule has 1 fully saturated rings. The molecule has 2 nitrogen and oxygen atoms in total. The Kier molecular flexibility index (Phi) is 5.09. The average Bonchev–Trinajstić information content (AvgIpc) is 2.64. The summed E-state index contributed by atoms with van der Waals surface area (Å²) in [7, 11) is 0. The van der Waals surface area contributed by atoms with Gasteiger partial charge in [-0.2, -0.15) is 0 Å². The highest BCUT2D eigenvalue weighted by Crippen LogP contribution is 2.25. The second-order valence-electron chi connectivity index (χ2n) is 7.14. The van der Waals surface area contributed by atoms with Crippen molar-refractivity contribution in [3.63, 3.8) is 0 Å². The highest BCUT2D eigenvalue weighted by atomic mass is 15.1. The molecule has 1 aliphatic heterocycles. The molecule has 0 aromatic heterocycles. The Balaban J connectivity index is 2.18. The zero-order chi connectivity index (χ0) is 14.6. The molecule has 2 heteroatoms. The van der Waals surface area contributed by atoms with E-state index in [-0.39, 0.29) is 5.54 Å². The fraction of sp³-hybridized carbons (Fsp3) is 0.667. The van der Waals surface area contributed by atoms with Gasteiger partial charge in [0.1, 0.15) is 0 Å². The van der Waals surface area contributed by atoms with E-state index in [0.717, 1.165) is 6.54 Å². The Morgan fingerprint density at radius 3 is 2.30 bits per heavy atom. The van der Waals surface area contributed by atoms with Crippen molar-refractivity contribution in [1.29, 1.82) is 0 Å². The molecule has 1 aromatic carbocycles. The van der Waals surface area contributed by atoms with Gasteiger partial charge in [-0.3, -0.25) is 0 Å². The van der Waals surface area contributed by atoms with E-state index in [1.807, 2.05) is 0 Å². The molecule has 1 aliphatic rings. The number of hydrogen-bond donors (Lipinski definition) is 1. The molecule has 0 bridgehead atoms. The molecule has 0 unspecified atom stereocenters. The third kappa shape index (κ3) is 4.52. The van der Waals surface area contributed by atoms with Crippen molar-refractivity contribution in [3.8, 4) is 0 Å². The first-order chi connectivity index (χ1) is 9.46. The fourth-order valence-corrected chi connectivity index (χ4v) is 2.84. The van der Waals surface area contributed by atoms with Gasteiger partial charge in [0.15, 0.2) is 0 Å². The van der Waals surface area contributed by atoms with Crippen molar-refractivity contribution in [1.82, 2.24) is 5.32 Å². The van der Waals surface area contributed by atoms with Crippen molar-refractivity contribution in [2.75, 3.05) is 18.0 Å². The number of nitrogens with one attached hydrogen (secondary N) is 1. The maximum atomic E-state index is 3.63. The van der Waals surface area contributed by atoms with Crippen LogP contribution >= 0.6 is 0 Å². The summed E-state index contributed by atoms with van der Waals surface area (Å²) in [5.41, 5.74) is 4.41. The second kappa shape index (κ2) is 6.62. The Bertz CT molecular complexity index is 424. The summed E-state index contributed by atoms with van der Waals surface area (Å²) in [4.78, 5) is 2.59. The van der Waals surface area contributed by atoms with E-state index < -0.39 is 0 Å². The molecule has 1 saturated heterocycles. The maximum absolute atomic E-state index is 3.63. The fourth-order valence-electron chi connectivity index (χ4n) is 2.84. The summed E-state index contributed by atoms with van der Waals surface area (Å²) in [6, 6.07) is 6.92. The molecule has 1 aromatic rings. The predicted octanol–water partition coefficient (Wildman–Crippen LogP) is 4.26. The van der Waals surface area contributed by atoms with Gasteiger partial charge in [0.2, 0.25) is 0 Å². The highest BCUT2D eigenvalue weighted by Gasteiger charge is 2.15. The number of aryl methyl sites for hydroxylation is 1. The quantitative estimate of drug-likeness (QED) is 0.886. The van der Waals surface area contributed by atoms with Gasteiger partial charge in [-0.15, -0.1) is 0 Å². The van der Waals surface area contributed by atoms with Crippen LogP contribution in [-0.2, 0) is 6.54 Å². The minimum atomic E-state index is 0.166. The lowest BCUT2D eigenvalue weighted by Crippen LogP contribution is -2.36. The Hall–Kier alpha value is -1.02. The highest BCUT2D eigenvalue weighted by molar-refractivity contribution is 5.55. The van der Waals surface area contributed by atoms with Gasteiger partial charge >= 0.3 is 0 Å². The summed E-state index contributed by atoms with van der Waals surface area (Å²) in [5.74, 6) is 0. The number of rotatable bonds is 3. The lowest BCUT2D eigenvalue weighted by molar-refractivity contribution is 0.424. The average molecular weight is 274 g/mol. The number of hydrogen-bond acceptors (Lipinski definition) is 2. The molecule has 112 valence electrons. The van der Waals surface area contributed by atoms with E-state index in [9.17, 15) is 0 Å². The third-order valence-electron chi connectivity index (χ3n) is 3.99. The van der Waals surface area contributed by atoms with Gasteiger partial charge in [0.05, 0.1) is 0 Å². The molecule has 0 atom stereocenters. The van der Waals surface area contributed by atoms with Gasteiger partial charge in [-0.25, -0.2) is 0 Å². The van der Waals surface area contributed by atoms with Gasteiger partial charge in [0.25, 0.3) is 0 Å². The van der Waals surface area contributed by atoms with E-state index >= 15 is 0 Å². The van der Waals surface area contributed by atoms with Crippen molar-refractivity contribution >= 4 is 5.69 Å². The summed E-state index contributed by atoms with van der Waals surface area (Å²) in [6.07, 6.45) is 5.44. The van der Waals surface area contributed by atoms with Crippen molar-refractivity contribution in [2.24, 2.45) is 0 Å².